The van der Waals surface area contributed by atoms with Crippen molar-refractivity contribution in [2.45, 2.75) is 33.4 Å². The summed E-state index contributed by atoms with van der Waals surface area (Å²) in [5, 5.41) is 9.06. The topological polar surface area (TPSA) is 113 Å². The molecule has 0 aliphatic carbocycles. The Morgan fingerprint density at radius 3 is 2.61 bits per heavy atom. The summed E-state index contributed by atoms with van der Waals surface area (Å²) in [4.78, 5) is 34.0. The maximum absolute atomic E-state index is 13.0. The van der Waals surface area contributed by atoms with Gasteiger partial charge in [0.15, 0.2) is 11.8 Å². The lowest BCUT2D eigenvalue weighted by atomic mass is 10.1. The van der Waals surface area contributed by atoms with Crippen LogP contribution >= 0.6 is 0 Å². The normalized spacial score (nSPS) is 12.3. The number of hydrogen-bond donors (Lipinski definition) is 0. The van der Waals surface area contributed by atoms with Gasteiger partial charge in [-0.2, -0.15) is 10.1 Å². The van der Waals surface area contributed by atoms with E-state index < -0.39 is 12.1 Å². The molecule has 1 aromatic carbocycles. The van der Waals surface area contributed by atoms with Crippen LogP contribution in [0, 0.1) is 5.92 Å². The van der Waals surface area contributed by atoms with Gasteiger partial charge in [0.25, 0.3) is 11.4 Å². The number of nitrogens with zero attached hydrogens (tertiary/aromatic N) is 5. The number of benzene rings is 1. The Morgan fingerprint density at radius 2 is 1.90 bits per heavy atom. The van der Waals surface area contributed by atoms with Gasteiger partial charge in [-0.1, -0.05) is 37.2 Å². The molecule has 0 aliphatic rings. The van der Waals surface area contributed by atoms with Crippen molar-refractivity contribution < 1.29 is 14.1 Å². The highest BCUT2D eigenvalue weighted by atomic mass is 16.6. The van der Waals surface area contributed by atoms with Crippen LogP contribution in [0.15, 0.2) is 58.1 Å². The SMILES string of the molecule is CC(C)Cn1nc(C(=O)OC(C)c2nc(-c3cccnc3)no2)c2ccccc2c1=O. The molecule has 3 heterocycles. The zero-order chi connectivity index (χ0) is 22.0. The Bertz CT molecular complexity index is 1280. The highest BCUT2D eigenvalue weighted by Gasteiger charge is 2.24. The maximum atomic E-state index is 13.0. The van der Waals surface area contributed by atoms with Gasteiger partial charge in [0.1, 0.15) is 0 Å². The second-order valence-electron chi connectivity index (χ2n) is 7.52. The molecule has 4 aromatic rings. The first-order valence-corrected chi connectivity index (χ1v) is 9.89. The van der Waals surface area contributed by atoms with E-state index in [1.54, 1.807) is 55.7 Å². The fraction of sp³-hybridized carbons (Fsp3) is 0.273. The Balaban J connectivity index is 1.63. The summed E-state index contributed by atoms with van der Waals surface area (Å²) in [6.45, 7) is 5.96. The third kappa shape index (κ3) is 4.20. The van der Waals surface area contributed by atoms with Crippen LogP contribution in [0.25, 0.3) is 22.2 Å². The molecule has 0 aliphatic heterocycles. The fourth-order valence-electron chi connectivity index (χ4n) is 3.13. The number of esters is 1. The molecular weight excluding hydrogens is 398 g/mol. The predicted molar refractivity (Wildman–Crippen MR) is 112 cm³/mol. The summed E-state index contributed by atoms with van der Waals surface area (Å²) >= 11 is 0. The first-order valence-electron chi connectivity index (χ1n) is 9.89. The highest BCUT2D eigenvalue weighted by molar-refractivity contribution is 6.02. The lowest BCUT2D eigenvalue weighted by Gasteiger charge is -2.13. The van der Waals surface area contributed by atoms with E-state index in [-0.39, 0.29) is 23.1 Å². The fourth-order valence-corrected chi connectivity index (χ4v) is 3.13. The number of ether oxygens (including phenoxy) is 1. The van der Waals surface area contributed by atoms with E-state index in [9.17, 15) is 9.59 Å². The van der Waals surface area contributed by atoms with Crippen LogP contribution < -0.4 is 5.56 Å². The van der Waals surface area contributed by atoms with Crippen LogP contribution in [0.5, 0.6) is 0 Å². The van der Waals surface area contributed by atoms with Crippen molar-refractivity contribution in [3.05, 3.63) is 70.7 Å². The highest BCUT2D eigenvalue weighted by Crippen LogP contribution is 2.22. The van der Waals surface area contributed by atoms with E-state index in [0.29, 0.717) is 28.7 Å². The molecule has 31 heavy (non-hydrogen) atoms. The van der Waals surface area contributed by atoms with Crippen molar-refractivity contribution in [2.75, 3.05) is 0 Å². The first-order chi connectivity index (χ1) is 14.9. The largest absolute Gasteiger partial charge is 0.448 e. The average Bonchev–Trinajstić information content (AvgIpc) is 3.26. The summed E-state index contributed by atoms with van der Waals surface area (Å²) in [6.07, 6.45) is 2.45. The molecule has 4 rings (SSSR count). The van der Waals surface area contributed by atoms with Crippen molar-refractivity contribution in [1.29, 1.82) is 0 Å². The lowest BCUT2D eigenvalue weighted by molar-refractivity contribution is 0.0258. The monoisotopic (exact) mass is 419 g/mol. The Labute approximate surface area is 177 Å². The molecule has 1 unspecified atom stereocenters. The van der Waals surface area contributed by atoms with Crippen molar-refractivity contribution in [2.24, 2.45) is 5.92 Å². The second kappa shape index (κ2) is 8.47. The van der Waals surface area contributed by atoms with E-state index in [4.69, 9.17) is 9.26 Å². The smallest absolute Gasteiger partial charge is 0.360 e. The van der Waals surface area contributed by atoms with Gasteiger partial charge in [0.2, 0.25) is 5.82 Å². The van der Waals surface area contributed by atoms with E-state index >= 15 is 0 Å². The average molecular weight is 419 g/mol. The van der Waals surface area contributed by atoms with Crippen LogP contribution in [0.3, 0.4) is 0 Å². The molecule has 158 valence electrons. The summed E-state index contributed by atoms with van der Waals surface area (Å²) in [7, 11) is 0. The Morgan fingerprint density at radius 1 is 1.13 bits per heavy atom. The van der Waals surface area contributed by atoms with Crippen LogP contribution in [0.4, 0.5) is 0 Å². The van der Waals surface area contributed by atoms with Crippen molar-refractivity contribution in [3.63, 3.8) is 0 Å². The standard InChI is InChI=1S/C22H21N5O4/c1-13(2)12-27-21(28)17-9-5-4-8-16(17)18(25-27)22(29)30-14(3)20-24-19(26-31-20)15-7-6-10-23-11-15/h4-11,13-14H,12H2,1-3H3. The number of rotatable bonds is 6. The van der Waals surface area contributed by atoms with Crippen molar-refractivity contribution in [3.8, 4) is 11.4 Å². The quantitative estimate of drug-likeness (QED) is 0.437. The maximum Gasteiger partial charge on any atom is 0.360 e. The van der Waals surface area contributed by atoms with Gasteiger partial charge in [-0.05, 0) is 31.0 Å². The van der Waals surface area contributed by atoms with Gasteiger partial charge in [-0.15, -0.1) is 0 Å². The number of fused-ring (bicyclic) bond motifs is 1. The zero-order valence-corrected chi connectivity index (χ0v) is 17.3. The number of pyridine rings is 1. The number of hydrogen-bond acceptors (Lipinski definition) is 8. The molecule has 0 fully saturated rings. The first kappa shape index (κ1) is 20.4. The van der Waals surface area contributed by atoms with Gasteiger partial charge >= 0.3 is 5.97 Å². The van der Waals surface area contributed by atoms with Gasteiger partial charge < -0.3 is 9.26 Å². The summed E-state index contributed by atoms with van der Waals surface area (Å²) < 4.78 is 12.1. The van der Waals surface area contributed by atoms with Gasteiger partial charge in [-0.25, -0.2) is 9.48 Å². The van der Waals surface area contributed by atoms with E-state index in [2.05, 4.69) is 20.2 Å². The third-order valence-electron chi connectivity index (χ3n) is 4.59. The minimum atomic E-state index is -0.809. The summed E-state index contributed by atoms with van der Waals surface area (Å²) in [5.74, 6) is -0.00662. The molecule has 0 amide bonds. The molecule has 0 saturated carbocycles. The minimum absolute atomic E-state index is 0.0645. The van der Waals surface area contributed by atoms with Crippen molar-refractivity contribution >= 4 is 16.7 Å². The van der Waals surface area contributed by atoms with Gasteiger partial charge in [0, 0.05) is 29.9 Å². The lowest BCUT2D eigenvalue weighted by Crippen LogP contribution is -2.28. The van der Waals surface area contributed by atoms with Crippen LogP contribution in [-0.2, 0) is 11.3 Å². The molecule has 9 heteroatoms. The van der Waals surface area contributed by atoms with E-state index in [1.807, 2.05) is 13.8 Å². The minimum Gasteiger partial charge on any atom is -0.448 e. The summed E-state index contributed by atoms with van der Waals surface area (Å²) in [6, 6.07) is 10.4. The Hall–Kier alpha value is -3.88. The zero-order valence-electron chi connectivity index (χ0n) is 17.3. The van der Waals surface area contributed by atoms with E-state index in [0.717, 1.165) is 0 Å². The van der Waals surface area contributed by atoms with Gasteiger partial charge in [0.05, 0.1) is 5.39 Å². The molecule has 0 N–H and O–H groups in total. The number of carbonyl (C=O) groups excluding carboxylic acids is 1. The molecule has 9 nitrogen and oxygen atoms in total. The molecular formula is C22H21N5O4. The molecule has 0 saturated heterocycles. The van der Waals surface area contributed by atoms with Crippen molar-refractivity contribution in [1.82, 2.24) is 24.9 Å². The molecule has 0 spiro atoms. The molecule has 0 bridgehead atoms. The number of carbonyl (C=O) groups is 1. The number of aromatic nitrogens is 5. The van der Waals surface area contributed by atoms with Crippen LogP contribution in [0.1, 0.15) is 43.3 Å². The second-order valence-corrected chi connectivity index (χ2v) is 7.52. The Kier molecular flexibility index (Phi) is 5.57. The van der Waals surface area contributed by atoms with Crippen LogP contribution in [-0.4, -0.2) is 30.9 Å². The molecule has 3 aromatic heterocycles. The molecule has 1 atom stereocenters. The summed E-state index contributed by atoms with van der Waals surface area (Å²) in [5.41, 5.74) is 0.506. The van der Waals surface area contributed by atoms with Crippen LogP contribution in [0.2, 0.25) is 0 Å². The molecule has 0 radical (unpaired) electrons. The van der Waals surface area contributed by atoms with E-state index in [1.165, 1.54) is 4.68 Å². The predicted octanol–water partition coefficient (Wildman–Crippen LogP) is 3.42. The van der Waals surface area contributed by atoms with Gasteiger partial charge in [-0.3, -0.25) is 9.78 Å². The third-order valence-corrected chi connectivity index (χ3v) is 4.59.